The zero-order valence-corrected chi connectivity index (χ0v) is 7.28. The van der Waals surface area contributed by atoms with Crippen LogP contribution in [0, 0.1) is 0 Å². The third kappa shape index (κ3) is 1.00. The van der Waals surface area contributed by atoms with Gasteiger partial charge in [-0.1, -0.05) is 18.2 Å². The molecule has 1 atom stereocenters. The van der Waals surface area contributed by atoms with Crippen molar-refractivity contribution in [3.05, 3.63) is 29.8 Å². The summed E-state index contributed by atoms with van der Waals surface area (Å²) in [5.41, 5.74) is -0.112. The Kier molecular flexibility index (Phi) is 1.55. The van der Waals surface area contributed by atoms with Crippen LogP contribution in [0.5, 0.6) is 5.75 Å². The van der Waals surface area contributed by atoms with E-state index in [2.05, 4.69) is 0 Å². The summed E-state index contributed by atoms with van der Waals surface area (Å²) in [5, 5.41) is 9.04. The fourth-order valence-electron chi connectivity index (χ4n) is 1.53. The summed E-state index contributed by atoms with van der Waals surface area (Å²) in [6.07, 6.45) is 0. The van der Waals surface area contributed by atoms with Gasteiger partial charge >= 0.3 is 5.97 Å². The second-order valence-electron chi connectivity index (χ2n) is 3.42. The van der Waals surface area contributed by atoms with E-state index in [9.17, 15) is 4.79 Å². The maximum absolute atomic E-state index is 11.0. The lowest BCUT2D eigenvalue weighted by molar-refractivity contribution is -0.143. The standard InChI is InChI=1S/C10H10O3/c1-10(9(11)12)6-13-8-5-3-2-4-7(8)10/h2-5H,6H2,1H3,(H,11,12). The lowest BCUT2D eigenvalue weighted by Gasteiger charge is -2.15. The lowest BCUT2D eigenvalue weighted by atomic mass is 9.85. The van der Waals surface area contributed by atoms with Gasteiger partial charge in [-0.2, -0.15) is 0 Å². The van der Waals surface area contributed by atoms with Crippen LogP contribution in [0.25, 0.3) is 0 Å². The van der Waals surface area contributed by atoms with Crippen LogP contribution >= 0.6 is 0 Å². The molecule has 2 rings (SSSR count). The highest BCUT2D eigenvalue weighted by molar-refractivity contribution is 5.83. The first-order chi connectivity index (χ1) is 6.14. The number of carboxylic acids is 1. The molecule has 0 spiro atoms. The van der Waals surface area contributed by atoms with Gasteiger partial charge in [-0.15, -0.1) is 0 Å². The molecule has 1 aromatic rings. The summed E-state index contributed by atoms with van der Waals surface area (Å²) < 4.78 is 5.29. The van der Waals surface area contributed by atoms with Crippen LogP contribution in [-0.2, 0) is 10.2 Å². The van der Waals surface area contributed by atoms with Gasteiger partial charge in [0.05, 0.1) is 0 Å². The van der Waals surface area contributed by atoms with E-state index in [1.807, 2.05) is 12.1 Å². The second-order valence-corrected chi connectivity index (χ2v) is 3.42. The highest BCUT2D eigenvalue weighted by atomic mass is 16.5. The third-order valence-corrected chi connectivity index (χ3v) is 2.47. The first kappa shape index (κ1) is 8.10. The van der Waals surface area contributed by atoms with Crippen molar-refractivity contribution >= 4 is 5.97 Å². The maximum atomic E-state index is 11.0. The molecule has 1 aromatic carbocycles. The van der Waals surface area contributed by atoms with Crippen molar-refractivity contribution in [3.63, 3.8) is 0 Å². The van der Waals surface area contributed by atoms with Crippen molar-refractivity contribution in [2.45, 2.75) is 12.3 Å². The van der Waals surface area contributed by atoms with Crippen LogP contribution in [-0.4, -0.2) is 17.7 Å². The zero-order chi connectivity index (χ0) is 9.47. The summed E-state index contributed by atoms with van der Waals surface area (Å²) >= 11 is 0. The van der Waals surface area contributed by atoms with Gasteiger partial charge in [0.15, 0.2) is 0 Å². The number of carboxylic acid groups (broad SMARTS) is 1. The van der Waals surface area contributed by atoms with Crippen molar-refractivity contribution in [1.29, 1.82) is 0 Å². The Balaban J connectivity index is 2.55. The van der Waals surface area contributed by atoms with Crippen LogP contribution in [0.1, 0.15) is 12.5 Å². The van der Waals surface area contributed by atoms with Crippen LogP contribution < -0.4 is 4.74 Å². The molecule has 3 nitrogen and oxygen atoms in total. The number of aliphatic carboxylic acids is 1. The second kappa shape index (κ2) is 2.49. The van der Waals surface area contributed by atoms with E-state index >= 15 is 0 Å². The topological polar surface area (TPSA) is 46.5 Å². The van der Waals surface area contributed by atoms with Crippen LogP contribution in [0.4, 0.5) is 0 Å². The quantitative estimate of drug-likeness (QED) is 0.707. The molecule has 13 heavy (non-hydrogen) atoms. The van der Waals surface area contributed by atoms with Gasteiger partial charge in [0, 0.05) is 5.56 Å². The number of fused-ring (bicyclic) bond motifs is 1. The fourth-order valence-corrected chi connectivity index (χ4v) is 1.53. The average Bonchev–Trinajstić information content (AvgIpc) is 2.47. The van der Waals surface area contributed by atoms with Gasteiger partial charge in [0.2, 0.25) is 0 Å². The van der Waals surface area contributed by atoms with Crippen molar-refractivity contribution in [3.8, 4) is 5.75 Å². The van der Waals surface area contributed by atoms with Crippen LogP contribution in [0.15, 0.2) is 24.3 Å². The van der Waals surface area contributed by atoms with E-state index in [0.29, 0.717) is 5.75 Å². The number of hydrogen-bond acceptors (Lipinski definition) is 2. The van der Waals surface area contributed by atoms with Gasteiger partial charge in [-0.3, -0.25) is 4.79 Å². The Morgan fingerprint density at radius 2 is 2.23 bits per heavy atom. The summed E-state index contributed by atoms with van der Waals surface area (Å²) in [7, 11) is 0. The Labute approximate surface area is 76.0 Å². The first-order valence-corrected chi connectivity index (χ1v) is 4.10. The van der Waals surface area contributed by atoms with E-state index in [1.165, 1.54) is 0 Å². The van der Waals surface area contributed by atoms with E-state index in [0.717, 1.165) is 5.56 Å². The van der Waals surface area contributed by atoms with E-state index < -0.39 is 11.4 Å². The molecule has 0 saturated carbocycles. The highest BCUT2D eigenvalue weighted by Crippen LogP contribution is 2.38. The molecule has 3 heteroatoms. The summed E-state index contributed by atoms with van der Waals surface area (Å²) in [6.45, 7) is 1.91. The molecule has 0 aromatic heterocycles. The Bertz CT molecular complexity index is 359. The van der Waals surface area contributed by atoms with Gasteiger partial charge in [0.25, 0.3) is 0 Å². The number of carbonyl (C=O) groups is 1. The minimum Gasteiger partial charge on any atom is -0.492 e. The largest absolute Gasteiger partial charge is 0.492 e. The molecule has 0 radical (unpaired) electrons. The molecule has 1 aliphatic heterocycles. The SMILES string of the molecule is CC1(C(=O)O)COc2ccccc21. The predicted molar refractivity (Wildman–Crippen MR) is 46.9 cm³/mol. The minimum absolute atomic E-state index is 0.224. The van der Waals surface area contributed by atoms with Gasteiger partial charge in [-0.25, -0.2) is 0 Å². The monoisotopic (exact) mass is 178 g/mol. The van der Waals surface area contributed by atoms with Crippen molar-refractivity contribution in [2.75, 3.05) is 6.61 Å². The van der Waals surface area contributed by atoms with Crippen molar-refractivity contribution in [2.24, 2.45) is 0 Å². The number of para-hydroxylation sites is 1. The molecule has 0 saturated heterocycles. The fraction of sp³-hybridized carbons (Fsp3) is 0.300. The van der Waals surface area contributed by atoms with Crippen LogP contribution in [0.2, 0.25) is 0 Å². The molecule has 0 amide bonds. The molecular formula is C10H10O3. The van der Waals surface area contributed by atoms with E-state index in [-0.39, 0.29) is 6.61 Å². The number of hydrogen-bond donors (Lipinski definition) is 1. The Hall–Kier alpha value is -1.51. The van der Waals surface area contributed by atoms with E-state index in [4.69, 9.17) is 9.84 Å². The normalized spacial score (nSPS) is 25.0. The molecular weight excluding hydrogens is 168 g/mol. The molecule has 0 aliphatic carbocycles. The Morgan fingerprint density at radius 3 is 2.92 bits per heavy atom. The van der Waals surface area contributed by atoms with Gasteiger partial charge in [-0.05, 0) is 13.0 Å². The Morgan fingerprint density at radius 1 is 1.54 bits per heavy atom. The number of benzene rings is 1. The zero-order valence-electron chi connectivity index (χ0n) is 7.28. The molecule has 0 bridgehead atoms. The summed E-state index contributed by atoms with van der Waals surface area (Å²) in [4.78, 5) is 11.0. The number of ether oxygens (including phenoxy) is 1. The molecule has 0 fully saturated rings. The van der Waals surface area contributed by atoms with Gasteiger partial charge in [0.1, 0.15) is 17.8 Å². The average molecular weight is 178 g/mol. The molecule has 1 N–H and O–H groups in total. The van der Waals surface area contributed by atoms with Crippen molar-refractivity contribution < 1.29 is 14.6 Å². The first-order valence-electron chi connectivity index (χ1n) is 4.10. The maximum Gasteiger partial charge on any atom is 0.317 e. The molecule has 1 heterocycles. The highest BCUT2D eigenvalue weighted by Gasteiger charge is 2.42. The van der Waals surface area contributed by atoms with Crippen molar-refractivity contribution in [1.82, 2.24) is 0 Å². The predicted octanol–water partition coefficient (Wildman–Crippen LogP) is 1.42. The molecule has 68 valence electrons. The van der Waals surface area contributed by atoms with Gasteiger partial charge < -0.3 is 9.84 Å². The number of rotatable bonds is 1. The summed E-state index contributed by atoms with van der Waals surface area (Å²) in [5.74, 6) is -0.148. The lowest BCUT2D eigenvalue weighted by Crippen LogP contribution is -2.33. The molecule has 1 unspecified atom stereocenters. The summed E-state index contributed by atoms with van der Waals surface area (Å²) in [6, 6.07) is 7.26. The van der Waals surface area contributed by atoms with E-state index in [1.54, 1.807) is 19.1 Å². The smallest absolute Gasteiger partial charge is 0.317 e. The molecule has 1 aliphatic rings. The third-order valence-electron chi connectivity index (χ3n) is 2.47. The van der Waals surface area contributed by atoms with Crippen LogP contribution in [0.3, 0.4) is 0 Å². The minimum atomic E-state index is -0.878.